The minimum atomic E-state index is -0.632. The quantitative estimate of drug-likeness (QED) is 0.887. The van der Waals surface area contributed by atoms with Crippen molar-refractivity contribution in [1.82, 2.24) is 9.97 Å². The molecule has 104 valence electrons. The Morgan fingerprint density at radius 2 is 2.11 bits per heavy atom. The van der Waals surface area contributed by atoms with E-state index in [2.05, 4.69) is 22.9 Å². The number of rotatable bonds is 2. The molecule has 0 aromatic carbocycles. The Kier molecular flexibility index (Phi) is 3.21. The number of anilines is 1. The van der Waals surface area contributed by atoms with Crippen LogP contribution in [0.1, 0.15) is 51.1 Å². The Morgan fingerprint density at radius 1 is 1.37 bits per heavy atom. The van der Waals surface area contributed by atoms with Crippen molar-refractivity contribution in [3.05, 3.63) is 18.0 Å². The number of aromatic nitrogens is 2. The highest BCUT2D eigenvalue weighted by Gasteiger charge is 2.39. The van der Waals surface area contributed by atoms with E-state index in [1.165, 1.54) is 31.4 Å². The lowest BCUT2D eigenvalue weighted by Gasteiger charge is -2.21. The molecule has 1 aromatic heterocycles. The van der Waals surface area contributed by atoms with Crippen molar-refractivity contribution in [2.24, 2.45) is 5.92 Å². The van der Waals surface area contributed by atoms with Crippen molar-refractivity contribution >= 4 is 5.95 Å². The van der Waals surface area contributed by atoms with E-state index in [4.69, 9.17) is 4.98 Å². The maximum absolute atomic E-state index is 10.3. The Morgan fingerprint density at radius 3 is 2.74 bits per heavy atom. The van der Waals surface area contributed by atoms with Gasteiger partial charge in [-0.05, 0) is 25.8 Å². The highest BCUT2D eigenvalue weighted by atomic mass is 16.3. The molecule has 0 spiro atoms. The van der Waals surface area contributed by atoms with Crippen LogP contribution in [0.5, 0.6) is 0 Å². The molecule has 0 radical (unpaired) electrons. The van der Waals surface area contributed by atoms with Crippen LogP contribution >= 0.6 is 0 Å². The van der Waals surface area contributed by atoms with Crippen LogP contribution in [0.2, 0.25) is 0 Å². The summed E-state index contributed by atoms with van der Waals surface area (Å²) in [5.41, 5.74) is 0.550. The molecule has 2 fully saturated rings. The predicted octanol–water partition coefficient (Wildman–Crippen LogP) is 2.34. The van der Waals surface area contributed by atoms with E-state index in [1.807, 2.05) is 13.1 Å². The highest BCUT2D eigenvalue weighted by Crippen LogP contribution is 2.34. The minimum Gasteiger partial charge on any atom is -0.388 e. The SMILES string of the molecule is C[C@@H]1CN(c2nccc(C3CCCC3)n2)C[C@]1(C)O. The van der Waals surface area contributed by atoms with Gasteiger partial charge in [-0.1, -0.05) is 19.8 Å². The van der Waals surface area contributed by atoms with Gasteiger partial charge >= 0.3 is 0 Å². The van der Waals surface area contributed by atoms with Crippen LogP contribution in [0, 0.1) is 5.92 Å². The molecule has 19 heavy (non-hydrogen) atoms. The van der Waals surface area contributed by atoms with E-state index in [-0.39, 0.29) is 5.92 Å². The Bertz CT molecular complexity index is 454. The fourth-order valence-corrected chi connectivity index (χ4v) is 3.25. The second-order valence-corrected chi connectivity index (χ2v) is 6.40. The van der Waals surface area contributed by atoms with Crippen molar-refractivity contribution in [1.29, 1.82) is 0 Å². The third-order valence-corrected chi connectivity index (χ3v) is 4.79. The molecule has 2 aliphatic rings. The molecule has 0 unspecified atom stereocenters. The van der Waals surface area contributed by atoms with E-state index in [0.29, 0.717) is 12.5 Å². The molecule has 4 heteroatoms. The Hall–Kier alpha value is -1.16. The fraction of sp³-hybridized carbons (Fsp3) is 0.733. The first kappa shape index (κ1) is 12.9. The number of nitrogens with zero attached hydrogens (tertiary/aromatic N) is 3. The molecule has 1 aliphatic carbocycles. The summed E-state index contributed by atoms with van der Waals surface area (Å²) in [6, 6.07) is 2.05. The van der Waals surface area contributed by atoms with Crippen LogP contribution in [-0.2, 0) is 0 Å². The summed E-state index contributed by atoms with van der Waals surface area (Å²) in [5.74, 6) is 1.66. The fourth-order valence-electron chi connectivity index (χ4n) is 3.25. The topological polar surface area (TPSA) is 49.2 Å². The maximum atomic E-state index is 10.3. The van der Waals surface area contributed by atoms with E-state index < -0.39 is 5.60 Å². The van der Waals surface area contributed by atoms with Crippen molar-refractivity contribution < 1.29 is 5.11 Å². The third-order valence-electron chi connectivity index (χ3n) is 4.79. The number of hydrogen-bond acceptors (Lipinski definition) is 4. The summed E-state index contributed by atoms with van der Waals surface area (Å²) in [4.78, 5) is 11.3. The van der Waals surface area contributed by atoms with Gasteiger partial charge in [0.2, 0.25) is 5.95 Å². The van der Waals surface area contributed by atoms with Crippen LogP contribution < -0.4 is 4.90 Å². The second-order valence-electron chi connectivity index (χ2n) is 6.40. The Balaban J connectivity index is 1.80. The minimum absolute atomic E-state index is 0.256. The first-order valence-corrected chi connectivity index (χ1v) is 7.36. The molecule has 4 nitrogen and oxygen atoms in total. The van der Waals surface area contributed by atoms with Crippen LogP contribution in [0.4, 0.5) is 5.95 Å². The van der Waals surface area contributed by atoms with Gasteiger partial charge in [-0.3, -0.25) is 0 Å². The molecular formula is C15H23N3O. The van der Waals surface area contributed by atoms with Gasteiger partial charge in [0.25, 0.3) is 0 Å². The average Bonchev–Trinajstić information content (AvgIpc) is 2.99. The molecule has 1 aliphatic heterocycles. The highest BCUT2D eigenvalue weighted by molar-refractivity contribution is 5.35. The summed E-state index contributed by atoms with van der Waals surface area (Å²) in [6.45, 7) is 5.45. The summed E-state index contributed by atoms with van der Waals surface area (Å²) in [5, 5.41) is 10.3. The van der Waals surface area contributed by atoms with Gasteiger partial charge in [0.05, 0.1) is 5.60 Å². The third kappa shape index (κ3) is 2.46. The van der Waals surface area contributed by atoms with Gasteiger partial charge in [-0.2, -0.15) is 0 Å². The lowest BCUT2D eigenvalue weighted by Crippen LogP contribution is -2.33. The van der Waals surface area contributed by atoms with E-state index in [1.54, 1.807) is 0 Å². The summed E-state index contributed by atoms with van der Waals surface area (Å²) < 4.78 is 0. The predicted molar refractivity (Wildman–Crippen MR) is 75.2 cm³/mol. The molecule has 1 aromatic rings. The van der Waals surface area contributed by atoms with Crippen molar-refractivity contribution in [3.8, 4) is 0 Å². The van der Waals surface area contributed by atoms with Gasteiger partial charge in [0.15, 0.2) is 0 Å². The van der Waals surface area contributed by atoms with E-state index in [9.17, 15) is 5.11 Å². The number of hydrogen-bond donors (Lipinski definition) is 1. The number of β-amino-alcohol motifs (C(OH)–C–C–N with tert-alkyl or cyclic N) is 1. The average molecular weight is 261 g/mol. The monoisotopic (exact) mass is 261 g/mol. The van der Waals surface area contributed by atoms with Gasteiger partial charge < -0.3 is 10.0 Å². The van der Waals surface area contributed by atoms with Crippen molar-refractivity contribution in [3.63, 3.8) is 0 Å². The lowest BCUT2D eigenvalue weighted by atomic mass is 9.95. The molecule has 1 saturated carbocycles. The molecular weight excluding hydrogens is 238 g/mol. The van der Waals surface area contributed by atoms with Crippen LogP contribution in [0.15, 0.2) is 12.3 Å². The molecule has 2 atom stereocenters. The normalized spacial score (nSPS) is 32.2. The smallest absolute Gasteiger partial charge is 0.225 e. The van der Waals surface area contributed by atoms with Crippen LogP contribution in [0.25, 0.3) is 0 Å². The molecule has 2 heterocycles. The molecule has 3 rings (SSSR count). The second kappa shape index (κ2) is 4.75. The first-order chi connectivity index (χ1) is 9.06. The van der Waals surface area contributed by atoms with Crippen molar-refractivity contribution in [2.75, 3.05) is 18.0 Å². The van der Waals surface area contributed by atoms with Crippen molar-refractivity contribution in [2.45, 2.75) is 51.0 Å². The van der Waals surface area contributed by atoms with E-state index in [0.717, 1.165) is 12.5 Å². The lowest BCUT2D eigenvalue weighted by molar-refractivity contribution is 0.0443. The first-order valence-electron chi connectivity index (χ1n) is 7.36. The molecule has 0 bridgehead atoms. The molecule has 0 amide bonds. The zero-order chi connectivity index (χ0) is 13.5. The van der Waals surface area contributed by atoms with Crippen LogP contribution in [0.3, 0.4) is 0 Å². The van der Waals surface area contributed by atoms with E-state index >= 15 is 0 Å². The Labute approximate surface area is 114 Å². The molecule has 1 N–H and O–H groups in total. The zero-order valence-corrected chi connectivity index (χ0v) is 11.8. The molecule has 1 saturated heterocycles. The summed E-state index contributed by atoms with van der Waals surface area (Å²) in [7, 11) is 0. The van der Waals surface area contributed by atoms with Gasteiger partial charge in [0.1, 0.15) is 0 Å². The van der Waals surface area contributed by atoms with Gasteiger partial charge in [-0.25, -0.2) is 9.97 Å². The number of aliphatic hydroxyl groups is 1. The largest absolute Gasteiger partial charge is 0.388 e. The summed E-state index contributed by atoms with van der Waals surface area (Å²) in [6.07, 6.45) is 7.02. The summed E-state index contributed by atoms with van der Waals surface area (Å²) >= 11 is 0. The van der Waals surface area contributed by atoms with Crippen LogP contribution in [-0.4, -0.2) is 33.8 Å². The zero-order valence-electron chi connectivity index (χ0n) is 11.8. The standard InChI is InChI=1S/C15H23N3O/c1-11-9-18(10-15(11,2)19)14-16-8-7-13(17-14)12-5-3-4-6-12/h7-8,11-12,19H,3-6,9-10H2,1-2H3/t11-,15+/m1/s1. The van der Waals surface area contributed by atoms with Gasteiger partial charge in [-0.15, -0.1) is 0 Å². The maximum Gasteiger partial charge on any atom is 0.225 e. The van der Waals surface area contributed by atoms with Gasteiger partial charge in [0, 0.05) is 36.8 Å².